The summed E-state index contributed by atoms with van der Waals surface area (Å²) in [6.07, 6.45) is 3.29. The summed E-state index contributed by atoms with van der Waals surface area (Å²) in [5.41, 5.74) is 6.03. The SMILES string of the molecule is CC(C)n1cc(C(CN)C(=O)O)cn1. The van der Waals surface area contributed by atoms with Crippen molar-refractivity contribution < 1.29 is 9.90 Å². The Balaban J connectivity index is 2.89. The van der Waals surface area contributed by atoms with E-state index in [0.717, 1.165) is 0 Å². The van der Waals surface area contributed by atoms with Gasteiger partial charge in [0.05, 0.1) is 12.1 Å². The van der Waals surface area contributed by atoms with Crippen LogP contribution in [0.25, 0.3) is 0 Å². The third-order valence-electron chi connectivity index (χ3n) is 2.09. The van der Waals surface area contributed by atoms with E-state index < -0.39 is 11.9 Å². The second-order valence-electron chi connectivity index (χ2n) is 3.47. The summed E-state index contributed by atoms with van der Waals surface area (Å²) < 4.78 is 1.72. The lowest BCUT2D eigenvalue weighted by Gasteiger charge is -2.06. The molecule has 1 heterocycles. The van der Waals surface area contributed by atoms with E-state index in [2.05, 4.69) is 5.10 Å². The molecule has 78 valence electrons. The quantitative estimate of drug-likeness (QED) is 0.740. The van der Waals surface area contributed by atoms with E-state index in [0.29, 0.717) is 5.56 Å². The zero-order valence-corrected chi connectivity index (χ0v) is 8.34. The van der Waals surface area contributed by atoms with E-state index in [1.165, 1.54) is 0 Å². The minimum absolute atomic E-state index is 0.0964. The molecule has 0 bridgehead atoms. The van der Waals surface area contributed by atoms with Crippen LogP contribution in [-0.4, -0.2) is 27.4 Å². The Kier molecular flexibility index (Phi) is 3.24. The van der Waals surface area contributed by atoms with E-state index in [9.17, 15) is 4.79 Å². The molecule has 5 nitrogen and oxygen atoms in total. The minimum atomic E-state index is -0.907. The maximum Gasteiger partial charge on any atom is 0.312 e. The van der Waals surface area contributed by atoms with Gasteiger partial charge < -0.3 is 10.8 Å². The number of aliphatic carboxylic acids is 1. The molecular weight excluding hydrogens is 182 g/mol. The molecule has 0 aliphatic heterocycles. The molecule has 0 amide bonds. The molecule has 14 heavy (non-hydrogen) atoms. The first-order valence-electron chi connectivity index (χ1n) is 4.53. The molecule has 0 saturated carbocycles. The van der Waals surface area contributed by atoms with Crippen LogP contribution in [0.3, 0.4) is 0 Å². The fraction of sp³-hybridized carbons (Fsp3) is 0.556. The first kappa shape index (κ1) is 10.7. The highest BCUT2D eigenvalue weighted by molar-refractivity contribution is 5.76. The number of carboxylic acid groups (broad SMARTS) is 1. The third kappa shape index (κ3) is 2.11. The molecule has 0 spiro atoms. The van der Waals surface area contributed by atoms with Gasteiger partial charge in [-0.2, -0.15) is 5.10 Å². The average molecular weight is 197 g/mol. The molecule has 0 fully saturated rings. The van der Waals surface area contributed by atoms with Crippen molar-refractivity contribution in [2.24, 2.45) is 5.73 Å². The van der Waals surface area contributed by atoms with Crippen molar-refractivity contribution >= 4 is 5.97 Å². The fourth-order valence-electron chi connectivity index (χ4n) is 1.19. The highest BCUT2D eigenvalue weighted by atomic mass is 16.4. The number of nitrogens with two attached hydrogens (primary N) is 1. The number of carboxylic acids is 1. The standard InChI is InChI=1S/C9H15N3O2/c1-6(2)12-5-7(4-11-12)8(3-10)9(13)14/h4-6,8H,3,10H2,1-2H3,(H,13,14). The first-order chi connectivity index (χ1) is 6.56. The molecule has 0 aromatic carbocycles. The van der Waals surface area contributed by atoms with Gasteiger partial charge in [-0.25, -0.2) is 0 Å². The summed E-state index contributed by atoms with van der Waals surface area (Å²) in [6, 6.07) is 0.232. The van der Waals surface area contributed by atoms with Crippen molar-refractivity contribution in [2.45, 2.75) is 25.8 Å². The highest BCUT2D eigenvalue weighted by Crippen LogP contribution is 2.15. The normalized spacial score (nSPS) is 13.1. The van der Waals surface area contributed by atoms with Crippen molar-refractivity contribution in [3.63, 3.8) is 0 Å². The molecule has 3 N–H and O–H groups in total. The molecule has 1 unspecified atom stereocenters. The molecule has 0 saturated heterocycles. The van der Waals surface area contributed by atoms with Crippen LogP contribution < -0.4 is 5.73 Å². The van der Waals surface area contributed by atoms with Crippen molar-refractivity contribution in [3.8, 4) is 0 Å². The van der Waals surface area contributed by atoms with Gasteiger partial charge in [-0.1, -0.05) is 0 Å². The van der Waals surface area contributed by atoms with E-state index in [-0.39, 0.29) is 12.6 Å². The third-order valence-corrected chi connectivity index (χ3v) is 2.09. The minimum Gasteiger partial charge on any atom is -0.481 e. The van der Waals surface area contributed by atoms with Crippen LogP contribution in [-0.2, 0) is 4.79 Å². The molecule has 0 aliphatic rings. The Morgan fingerprint density at radius 1 is 1.71 bits per heavy atom. The Hall–Kier alpha value is -1.36. The summed E-state index contributed by atoms with van der Waals surface area (Å²) in [7, 11) is 0. The lowest BCUT2D eigenvalue weighted by molar-refractivity contribution is -0.138. The molecule has 0 radical (unpaired) electrons. The van der Waals surface area contributed by atoms with Crippen LogP contribution in [0.15, 0.2) is 12.4 Å². The summed E-state index contributed by atoms with van der Waals surface area (Å²) >= 11 is 0. The predicted molar refractivity (Wildman–Crippen MR) is 52.0 cm³/mol. The maximum absolute atomic E-state index is 10.8. The second-order valence-corrected chi connectivity index (χ2v) is 3.47. The van der Waals surface area contributed by atoms with Crippen molar-refractivity contribution in [3.05, 3.63) is 18.0 Å². The van der Waals surface area contributed by atoms with Gasteiger partial charge in [0.2, 0.25) is 0 Å². The van der Waals surface area contributed by atoms with Crippen LogP contribution in [0.4, 0.5) is 0 Å². The summed E-state index contributed by atoms with van der Waals surface area (Å²) in [4.78, 5) is 10.8. The molecule has 1 atom stereocenters. The van der Waals surface area contributed by atoms with Gasteiger partial charge in [0.1, 0.15) is 0 Å². The Morgan fingerprint density at radius 2 is 2.36 bits per heavy atom. The van der Waals surface area contributed by atoms with E-state index >= 15 is 0 Å². The number of carbonyl (C=O) groups is 1. The van der Waals surface area contributed by atoms with Gasteiger partial charge in [-0.15, -0.1) is 0 Å². The van der Waals surface area contributed by atoms with Gasteiger partial charge >= 0.3 is 5.97 Å². The van der Waals surface area contributed by atoms with Crippen molar-refractivity contribution in [1.82, 2.24) is 9.78 Å². The summed E-state index contributed by atoms with van der Waals surface area (Å²) in [6.45, 7) is 4.06. The van der Waals surface area contributed by atoms with Crippen LogP contribution in [0.2, 0.25) is 0 Å². The number of hydrogen-bond acceptors (Lipinski definition) is 3. The van der Waals surface area contributed by atoms with Gasteiger partial charge in [0.15, 0.2) is 0 Å². The molecule has 1 aromatic heterocycles. The Morgan fingerprint density at radius 3 is 2.71 bits per heavy atom. The van der Waals surface area contributed by atoms with Crippen LogP contribution in [0.5, 0.6) is 0 Å². The summed E-state index contributed by atoms with van der Waals surface area (Å²) in [5, 5.41) is 12.9. The average Bonchev–Trinajstić information content (AvgIpc) is 2.53. The molecule has 1 rings (SSSR count). The van der Waals surface area contributed by atoms with E-state index in [4.69, 9.17) is 10.8 Å². The predicted octanol–water partition coefficient (Wildman–Crippen LogP) is 0.591. The largest absolute Gasteiger partial charge is 0.481 e. The Bertz CT molecular complexity index is 320. The summed E-state index contributed by atoms with van der Waals surface area (Å²) in [5.74, 6) is -1.56. The number of hydrogen-bond donors (Lipinski definition) is 2. The number of nitrogens with zero attached hydrogens (tertiary/aromatic N) is 2. The first-order valence-corrected chi connectivity index (χ1v) is 4.53. The van der Waals surface area contributed by atoms with E-state index in [1.54, 1.807) is 17.1 Å². The van der Waals surface area contributed by atoms with Crippen LogP contribution >= 0.6 is 0 Å². The molecule has 0 aliphatic carbocycles. The second kappa shape index (κ2) is 4.23. The highest BCUT2D eigenvalue weighted by Gasteiger charge is 2.19. The van der Waals surface area contributed by atoms with Gasteiger partial charge in [-0.3, -0.25) is 9.48 Å². The monoisotopic (exact) mass is 197 g/mol. The maximum atomic E-state index is 10.8. The molecule has 5 heteroatoms. The number of rotatable bonds is 4. The van der Waals surface area contributed by atoms with E-state index in [1.807, 2.05) is 13.8 Å². The van der Waals surface area contributed by atoms with Crippen LogP contribution in [0.1, 0.15) is 31.4 Å². The van der Waals surface area contributed by atoms with Gasteiger partial charge in [-0.05, 0) is 13.8 Å². The molecule has 1 aromatic rings. The van der Waals surface area contributed by atoms with Crippen molar-refractivity contribution in [1.29, 1.82) is 0 Å². The molecular formula is C9H15N3O2. The zero-order valence-electron chi connectivity index (χ0n) is 8.34. The zero-order chi connectivity index (χ0) is 10.7. The van der Waals surface area contributed by atoms with Gasteiger partial charge in [0.25, 0.3) is 0 Å². The topological polar surface area (TPSA) is 81.1 Å². The van der Waals surface area contributed by atoms with Gasteiger partial charge in [0, 0.05) is 24.3 Å². The van der Waals surface area contributed by atoms with Crippen molar-refractivity contribution in [2.75, 3.05) is 6.54 Å². The van der Waals surface area contributed by atoms with Crippen LogP contribution in [0, 0.1) is 0 Å². The lowest BCUT2D eigenvalue weighted by Crippen LogP contribution is -2.20. The smallest absolute Gasteiger partial charge is 0.312 e. The fourth-order valence-corrected chi connectivity index (χ4v) is 1.19. The number of aromatic nitrogens is 2. The Labute approximate surface area is 82.5 Å². The lowest BCUT2D eigenvalue weighted by atomic mass is 10.0.